The second-order valence-electron chi connectivity index (χ2n) is 7.49. The maximum Gasteiger partial charge on any atom is 0.192 e. The summed E-state index contributed by atoms with van der Waals surface area (Å²) in [7, 11) is 1.99. The summed E-state index contributed by atoms with van der Waals surface area (Å²) >= 11 is 2.09. The van der Waals surface area contributed by atoms with E-state index in [0.717, 1.165) is 48.9 Å². The molecule has 27 heavy (non-hydrogen) atoms. The van der Waals surface area contributed by atoms with Crippen molar-refractivity contribution >= 4 is 17.7 Å². The molecule has 1 aliphatic heterocycles. The molecule has 2 heterocycles. The normalized spacial score (nSPS) is 26.3. The highest BCUT2D eigenvalue weighted by Gasteiger charge is 2.23. The highest BCUT2D eigenvalue weighted by molar-refractivity contribution is 7.99. The zero-order valence-electron chi connectivity index (χ0n) is 16.9. The molecular formula is C19H34N6OS. The summed E-state index contributed by atoms with van der Waals surface area (Å²) in [6, 6.07) is 0.486. The fourth-order valence-electron chi connectivity index (χ4n) is 3.76. The summed E-state index contributed by atoms with van der Waals surface area (Å²) in [5.41, 5.74) is 0. The molecular weight excluding hydrogens is 360 g/mol. The molecule has 1 aromatic heterocycles. The van der Waals surface area contributed by atoms with Crippen LogP contribution in [0.4, 0.5) is 0 Å². The van der Waals surface area contributed by atoms with Crippen molar-refractivity contribution in [2.24, 2.45) is 12.0 Å². The number of thioether (sulfide) groups is 1. The number of guanidine groups is 1. The maximum absolute atomic E-state index is 5.75. The van der Waals surface area contributed by atoms with Gasteiger partial charge in [-0.2, -0.15) is 11.8 Å². The Kier molecular flexibility index (Phi) is 7.81. The minimum Gasteiger partial charge on any atom is -0.376 e. The number of hydrogen-bond acceptors (Lipinski definition) is 5. The Morgan fingerprint density at radius 1 is 1.30 bits per heavy atom. The van der Waals surface area contributed by atoms with E-state index in [1.165, 1.54) is 31.4 Å². The van der Waals surface area contributed by atoms with Crippen molar-refractivity contribution in [3.05, 3.63) is 11.6 Å². The molecule has 152 valence electrons. The van der Waals surface area contributed by atoms with Crippen LogP contribution in [0.5, 0.6) is 0 Å². The van der Waals surface area contributed by atoms with Crippen molar-refractivity contribution in [3.63, 3.8) is 0 Å². The first-order chi connectivity index (χ1) is 13.2. The molecule has 0 radical (unpaired) electrons. The van der Waals surface area contributed by atoms with Gasteiger partial charge in [0.15, 0.2) is 11.8 Å². The molecule has 7 nitrogen and oxygen atoms in total. The predicted octanol–water partition coefficient (Wildman–Crippen LogP) is 2.40. The molecule has 3 atom stereocenters. The van der Waals surface area contributed by atoms with Crippen LogP contribution >= 0.6 is 11.8 Å². The molecule has 0 spiro atoms. The van der Waals surface area contributed by atoms with E-state index in [1.807, 2.05) is 18.5 Å². The molecule has 1 aromatic rings. The lowest BCUT2D eigenvalue weighted by Crippen LogP contribution is -2.47. The van der Waals surface area contributed by atoms with Crippen LogP contribution in [-0.2, 0) is 18.3 Å². The van der Waals surface area contributed by atoms with Crippen molar-refractivity contribution in [1.29, 1.82) is 0 Å². The van der Waals surface area contributed by atoms with Gasteiger partial charge in [-0.05, 0) is 44.8 Å². The summed E-state index contributed by atoms with van der Waals surface area (Å²) in [6.07, 6.45) is 7.63. The van der Waals surface area contributed by atoms with Crippen molar-refractivity contribution in [1.82, 2.24) is 25.4 Å². The zero-order chi connectivity index (χ0) is 19.1. The second-order valence-corrected chi connectivity index (χ2v) is 9.07. The van der Waals surface area contributed by atoms with Gasteiger partial charge in [-0.3, -0.25) is 0 Å². The first-order valence-corrected chi connectivity index (χ1v) is 11.3. The number of nitrogens with zero attached hydrogens (tertiary/aromatic N) is 4. The Morgan fingerprint density at radius 3 is 2.89 bits per heavy atom. The average molecular weight is 395 g/mol. The first-order valence-electron chi connectivity index (χ1n) is 10.3. The van der Waals surface area contributed by atoms with Crippen molar-refractivity contribution in [2.75, 3.05) is 18.9 Å². The smallest absolute Gasteiger partial charge is 0.192 e. The van der Waals surface area contributed by atoms with E-state index in [9.17, 15) is 0 Å². The molecule has 2 N–H and O–H groups in total. The molecule has 8 heteroatoms. The minimum absolute atomic E-state index is 0.295. The number of nitrogens with one attached hydrogen (secondary N) is 2. The van der Waals surface area contributed by atoms with Gasteiger partial charge in [0.25, 0.3) is 0 Å². The van der Waals surface area contributed by atoms with Gasteiger partial charge in [0.2, 0.25) is 0 Å². The van der Waals surface area contributed by atoms with Crippen LogP contribution in [0.15, 0.2) is 4.99 Å². The Hall–Kier alpha value is -1.28. The quantitative estimate of drug-likeness (QED) is 0.546. The Balaban J connectivity index is 1.61. The van der Waals surface area contributed by atoms with Gasteiger partial charge < -0.3 is 19.9 Å². The molecule has 3 rings (SSSR count). The Bertz CT molecular complexity index is 611. The molecule has 2 fully saturated rings. The Labute approximate surface area is 167 Å². The monoisotopic (exact) mass is 394 g/mol. The van der Waals surface area contributed by atoms with E-state index < -0.39 is 0 Å². The molecule has 0 bridgehead atoms. The van der Waals surface area contributed by atoms with Crippen LogP contribution in [0.3, 0.4) is 0 Å². The highest BCUT2D eigenvalue weighted by Crippen LogP contribution is 2.28. The molecule has 1 saturated carbocycles. The number of aryl methyl sites for hydroxylation is 1. The van der Waals surface area contributed by atoms with Gasteiger partial charge in [0.05, 0.1) is 6.10 Å². The molecule has 3 unspecified atom stereocenters. The van der Waals surface area contributed by atoms with Crippen molar-refractivity contribution in [2.45, 2.75) is 76.3 Å². The third-order valence-corrected chi connectivity index (χ3v) is 6.68. The molecule has 0 aromatic carbocycles. The minimum atomic E-state index is 0.295. The third kappa shape index (κ3) is 6.10. The SMILES string of the molecule is CCSC1CCCC(NC(=NCc2nnc(C)n2C)NCC2CCCO2)C1. The van der Waals surface area contributed by atoms with Crippen molar-refractivity contribution in [3.8, 4) is 0 Å². The second kappa shape index (κ2) is 10.3. The largest absolute Gasteiger partial charge is 0.376 e. The third-order valence-electron chi connectivity index (χ3n) is 5.45. The van der Waals surface area contributed by atoms with Gasteiger partial charge in [-0.25, -0.2) is 4.99 Å². The van der Waals surface area contributed by atoms with E-state index in [1.54, 1.807) is 0 Å². The zero-order valence-corrected chi connectivity index (χ0v) is 17.7. The fourth-order valence-corrected chi connectivity index (χ4v) is 4.94. The molecule has 1 aliphatic carbocycles. The van der Waals surface area contributed by atoms with E-state index in [-0.39, 0.29) is 0 Å². The maximum atomic E-state index is 5.75. The number of hydrogen-bond donors (Lipinski definition) is 2. The van der Waals surface area contributed by atoms with Crippen LogP contribution in [0.2, 0.25) is 0 Å². The lowest BCUT2D eigenvalue weighted by molar-refractivity contribution is 0.113. The van der Waals surface area contributed by atoms with Gasteiger partial charge in [-0.15, -0.1) is 10.2 Å². The highest BCUT2D eigenvalue weighted by atomic mass is 32.2. The number of ether oxygens (including phenoxy) is 1. The van der Waals surface area contributed by atoms with Gasteiger partial charge >= 0.3 is 0 Å². The number of rotatable bonds is 7. The van der Waals surface area contributed by atoms with E-state index in [4.69, 9.17) is 9.73 Å². The number of aromatic nitrogens is 3. The van der Waals surface area contributed by atoms with Crippen LogP contribution < -0.4 is 10.6 Å². The summed E-state index contributed by atoms with van der Waals surface area (Å²) in [6.45, 7) is 6.42. The summed E-state index contributed by atoms with van der Waals surface area (Å²) in [4.78, 5) is 4.80. The van der Waals surface area contributed by atoms with Gasteiger partial charge in [0, 0.05) is 31.5 Å². The standard InChI is InChI=1S/C19H34N6OS/c1-4-27-17-9-5-7-15(11-17)22-19(20-12-16-8-6-10-26-16)21-13-18-24-23-14(2)25(18)3/h15-17H,4-13H2,1-3H3,(H2,20,21,22). The summed E-state index contributed by atoms with van der Waals surface area (Å²) in [5, 5.41) is 16.3. The molecule has 1 saturated heterocycles. The van der Waals surface area contributed by atoms with Crippen LogP contribution in [0.25, 0.3) is 0 Å². The Morgan fingerprint density at radius 2 is 2.19 bits per heavy atom. The van der Waals surface area contributed by atoms with Crippen LogP contribution in [-0.4, -0.2) is 57.0 Å². The summed E-state index contributed by atoms with van der Waals surface area (Å²) < 4.78 is 7.75. The van der Waals surface area contributed by atoms with E-state index >= 15 is 0 Å². The van der Waals surface area contributed by atoms with Crippen LogP contribution in [0, 0.1) is 6.92 Å². The molecule has 0 amide bonds. The predicted molar refractivity (Wildman–Crippen MR) is 111 cm³/mol. The lowest BCUT2D eigenvalue weighted by Gasteiger charge is -2.30. The topological polar surface area (TPSA) is 76.4 Å². The summed E-state index contributed by atoms with van der Waals surface area (Å²) in [5.74, 6) is 3.86. The van der Waals surface area contributed by atoms with E-state index in [0.29, 0.717) is 18.7 Å². The van der Waals surface area contributed by atoms with Crippen LogP contribution in [0.1, 0.15) is 57.1 Å². The molecule has 2 aliphatic rings. The van der Waals surface area contributed by atoms with Gasteiger partial charge in [-0.1, -0.05) is 13.3 Å². The average Bonchev–Trinajstić information content (AvgIpc) is 3.29. The van der Waals surface area contributed by atoms with Gasteiger partial charge in [0.1, 0.15) is 12.4 Å². The lowest BCUT2D eigenvalue weighted by atomic mass is 9.95. The fraction of sp³-hybridized carbons (Fsp3) is 0.842. The first kappa shape index (κ1) is 20.5. The van der Waals surface area contributed by atoms with E-state index in [2.05, 4.69) is 39.5 Å². The number of aliphatic imine (C=N–C) groups is 1. The van der Waals surface area contributed by atoms with Crippen molar-refractivity contribution < 1.29 is 4.74 Å².